The predicted octanol–water partition coefficient (Wildman–Crippen LogP) is 1.33. The quantitative estimate of drug-likeness (QED) is 0.625. The van der Waals surface area contributed by atoms with Crippen LogP contribution in [0.25, 0.3) is 0 Å². The molecular formula is C11H10ClFN4O2S. The first kappa shape index (κ1) is 14.7. The highest BCUT2D eigenvalue weighted by atomic mass is 35.5. The zero-order valence-electron chi connectivity index (χ0n) is 10.4. The fraction of sp³-hybridized carbons (Fsp3) is 0.273. The summed E-state index contributed by atoms with van der Waals surface area (Å²) in [5.74, 6) is -1.12. The number of rotatable bonds is 4. The summed E-state index contributed by atoms with van der Waals surface area (Å²) in [6, 6.07) is 1.50. The van der Waals surface area contributed by atoms with E-state index >= 15 is 0 Å². The third-order valence-electron chi connectivity index (χ3n) is 2.37. The zero-order chi connectivity index (χ0) is 14.8. The van der Waals surface area contributed by atoms with Gasteiger partial charge in [-0.25, -0.2) is 32.7 Å². The Labute approximate surface area is 120 Å². The molecule has 2 heterocycles. The van der Waals surface area contributed by atoms with Crippen LogP contribution in [0, 0.1) is 5.82 Å². The van der Waals surface area contributed by atoms with Gasteiger partial charge in [-0.3, -0.25) is 0 Å². The molecule has 0 saturated heterocycles. The molecule has 2 aromatic rings. The van der Waals surface area contributed by atoms with Crippen LogP contribution in [-0.2, 0) is 14.7 Å². The number of alkyl halides is 1. The number of hydrogen-bond acceptors (Lipinski definition) is 6. The Kier molecular flexibility index (Phi) is 3.96. The Hall–Kier alpha value is -1.67. The number of aromatic nitrogens is 4. The van der Waals surface area contributed by atoms with E-state index < -0.39 is 26.3 Å². The van der Waals surface area contributed by atoms with Gasteiger partial charge in [-0.15, -0.1) is 11.6 Å². The summed E-state index contributed by atoms with van der Waals surface area (Å²) in [5, 5.41) is -0.325. The molecule has 2 aromatic heterocycles. The number of halogens is 2. The molecule has 106 valence electrons. The molecule has 2 rings (SSSR count). The Bertz CT molecular complexity index is 692. The first-order chi connectivity index (χ1) is 9.31. The van der Waals surface area contributed by atoms with Crippen molar-refractivity contribution in [1.29, 1.82) is 0 Å². The van der Waals surface area contributed by atoms with Gasteiger partial charge < -0.3 is 0 Å². The second kappa shape index (κ2) is 5.37. The van der Waals surface area contributed by atoms with E-state index in [9.17, 15) is 12.8 Å². The maximum absolute atomic E-state index is 12.8. The standard InChI is InChI=1S/C11H10ClFN4O2S/c1-11(12,9-16-5-8(13)6-17-9)7-20(18,19)10-14-3-2-4-15-10/h2-6H,7H2,1H3. The molecule has 0 bridgehead atoms. The summed E-state index contributed by atoms with van der Waals surface area (Å²) in [6.07, 6.45) is 4.49. The molecule has 0 aliphatic carbocycles. The normalized spacial score (nSPS) is 14.8. The molecule has 9 heteroatoms. The van der Waals surface area contributed by atoms with E-state index in [1.807, 2.05) is 0 Å². The van der Waals surface area contributed by atoms with Gasteiger partial charge in [-0.2, -0.15) is 0 Å². The average molecular weight is 317 g/mol. The van der Waals surface area contributed by atoms with Gasteiger partial charge in [-0.05, 0) is 13.0 Å². The largest absolute Gasteiger partial charge is 0.247 e. The lowest BCUT2D eigenvalue weighted by Gasteiger charge is -2.19. The summed E-state index contributed by atoms with van der Waals surface area (Å²) < 4.78 is 37.1. The number of hydrogen-bond donors (Lipinski definition) is 0. The fourth-order valence-corrected chi connectivity index (χ4v) is 3.46. The van der Waals surface area contributed by atoms with Crippen LogP contribution in [0.5, 0.6) is 0 Å². The highest BCUT2D eigenvalue weighted by Crippen LogP contribution is 2.28. The van der Waals surface area contributed by atoms with Crippen LogP contribution < -0.4 is 0 Å². The lowest BCUT2D eigenvalue weighted by molar-refractivity contribution is 0.566. The average Bonchev–Trinajstić information content (AvgIpc) is 2.39. The smallest absolute Gasteiger partial charge is 0.236 e. The van der Waals surface area contributed by atoms with Crippen molar-refractivity contribution in [3.05, 3.63) is 42.5 Å². The van der Waals surface area contributed by atoms with E-state index in [2.05, 4.69) is 19.9 Å². The third kappa shape index (κ3) is 3.26. The van der Waals surface area contributed by atoms with Crippen LogP contribution in [-0.4, -0.2) is 34.1 Å². The minimum Gasteiger partial charge on any atom is -0.236 e. The van der Waals surface area contributed by atoms with Crippen molar-refractivity contribution >= 4 is 21.4 Å². The van der Waals surface area contributed by atoms with Gasteiger partial charge in [0.1, 0.15) is 10.7 Å². The summed E-state index contributed by atoms with van der Waals surface area (Å²) in [4.78, 5) is 13.4. The third-order valence-corrected chi connectivity index (χ3v) is 4.55. The SMILES string of the molecule is CC(Cl)(CS(=O)(=O)c1ncccn1)c1ncc(F)cn1. The number of nitrogens with zero attached hydrogens (tertiary/aromatic N) is 4. The molecule has 0 aliphatic heterocycles. The van der Waals surface area contributed by atoms with Crippen molar-refractivity contribution in [2.45, 2.75) is 17.0 Å². The molecule has 6 nitrogen and oxygen atoms in total. The second-order valence-electron chi connectivity index (χ2n) is 4.21. The Morgan fingerprint density at radius 2 is 1.75 bits per heavy atom. The minimum absolute atomic E-state index is 0.0140. The van der Waals surface area contributed by atoms with Gasteiger partial charge >= 0.3 is 0 Å². The van der Waals surface area contributed by atoms with E-state index in [0.717, 1.165) is 12.4 Å². The molecule has 1 atom stereocenters. The van der Waals surface area contributed by atoms with Gasteiger partial charge in [0.15, 0.2) is 5.82 Å². The lowest BCUT2D eigenvalue weighted by Crippen LogP contribution is -2.29. The topological polar surface area (TPSA) is 85.7 Å². The van der Waals surface area contributed by atoms with Crippen molar-refractivity contribution in [3.63, 3.8) is 0 Å². The Balaban J connectivity index is 2.30. The van der Waals surface area contributed by atoms with E-state index in [4.69, 9.17) is 11.6 Å². The minimum atomic E-state index is -3.80. The van der Waals surface area contributed by atoms with Crippen LogP contribution in [0.4, 0.5) is 4.39 Å². The van der Waals surface area contributed by atoms with Crippen molar-refractivity contribution in [2.75, 3.05) is 5.75 Å². The molecule has 0 radical (unpaired) electrons. The monoisotopic (exact) mass is 316 g/mol. The van der Waals surface area contributed by atoms with Crippen LogP contribution in [0.2, 0.25) is 0 Å². The molecule has 0 aromatic carbocycles. The van der Waals surface area contributed by atoms with Crippen molar-refractivity contribution < 1.29 is 12.8 Å². The van der Waals surface area contributed by atoms with Crippen LogP contribution in [0.3, 0.4) is 0 Å². The van der Waals surface area contributed by atoms with Gasteiger partial charge in [0, 0.05) is 12.4 Å². The van der Waals surface area contributed by atoms with Crippen LogP contribution in [0.1, 0.15) is 12.7 Å². The molecule has 0 spiro atoms. The van der Waals surface area contributed by atoms with Gasteiger partial charge in [0.25, 0.3) is 0 Å². The van der Waals surface area contributed by atoms with Gasteiger partial charge in [-0.1, -0.05) is 0 Å². The molecule has 0 amide bonds. The highest BCUT2D eigenvalue weighted by molar-refractivity contribution is 7.91. The van der Waals surface area contributed by atoms with E-state index in [1.165, 1.54) is 25.4 Å². The van der Waals surface area contributed by atoms with Crippen molar-refractivity contribution in [3.8, 4) is 0 Å². The molecule has 0 fully saturated rings. The number of sulfone groups is 1. The molecule has 0 N–H and O–H groups in total. The summed E-state index contributed by atoms with van der Waals surface area (Å²) in [5.41, 5.74) is 0. The van der Waals surface area contributed by atoms with Crippen molar-refractivity contribution in [2.24, 2.45) is 0 Å². The maximum atomic E-state index is 12.8. The van der Waals surface area contributed by atoms with Crippen LogP contribution in [0.15, 0.2) is 36.0 Å². The first-order valence-corrected chi connectivity index (χ1v) is 7.51. The second-order valence-corrected chi connectivity index (χ2v) is 6.93. The molecule has 20 heavy (non-hydrogen) atoms. The summed E-state index contributed by atoms with van der Waals surface area (Å²) >= 11 is 6.17. The van der Waals surface area contributed by atoms with E-state index in [1.54, 1.807) is 0 Å². The predicted molar refractivity (Wildman–Crippen MR) is 69.3 cm³/mol. The van der Waals surface area contributed by atoms with Crippen molar-refractivity contribution in [1.82, 2.24) is 19.9 Å². The summed E-state index contributed by atoms with van der Waals surface area (Å²) in [6.45, 7) is 1.43. The lowest BCUT2D eigenvalue weighted by atomic mass is 10.2. The van der Waals surface area contributed by atoms with E-state index in [-0.39, 0.29) is 11.0 Å². The Morgan fingerprint density at radius 1 is 1.20 bits per heavy atom. The highest BCUT2D eigenvalue weighted by Gasteiger charge is 2.35. The maximum Gasteiger partial charge on any atom is 0.247 e. The fourth-order valence-electron chi connectivity index (χ4n) is 1.51. The van der Waals surface area contributed by atoms with E-state index in [0.29, 0.717) is 0 Å². The molecule has 0 aliphatic rings. The molecule has 0 saturated carbocycles. The summed E-state index contributed by atoms with van der Waals surface area (Å²) in [7, 11) is -3.80. The molecule has 1 unspecified atom stereocenters. The molecular weight excluding hydrogens is 307 g/mol. The zero-order valence-corrected chi connectivity index (χ0v) is 11.9. The van der Waals surface area contributed by atoms with Gasteiger partial charge in [0.2, 0.25) is 15.0 Å². The Morgan fingerprint density at radius 3 is 2.30 bits per heavy atom. The van der Waals surface area contributed by atoms with Crippen LogP contribution >= 0.6 is 11.6 Å². The first-order valence-electron chi connectivity index (χ1n) is 5.48. The van der Waals surface area contributed by atoms with Gasteiger partial charge in [0.05, 0.1) is 18.1 Å².